The lowest BCUT2D eigenvalue weighted by Gasteiger charge is -2.61. The van der Waals surface area contributed by atoms with Crippen molar-refractivity contribution < 1.29 is 4.42 Å². The van der Waals surface area contributed by atoms with E-state index in [1.807, 2.05) is 0 Å². The van der Waals surface area contributed by atoms with Gasteiger partial charge in [-0.2, -0.15) is 0 Å². The van der Waals surface area contributed by atoms with E-state index in [9.17, 15) is 0 Å². The van der Waals surface area contributed by atoms with Crippen molar-refractivity contribution >= 4 is 64.4 Å². The van der Waals surface area contributed by atoms with E-state index in [1.54, 1.807) is 16.9 Å². The standard InChI is InChI=1S/C48H34N2OS/c1-2-9-28(10-3-1)43-41-36-13-6-7-16-40(36)52-47(41)50-46(49-43)37-15-8-14-34-35-18-17-33-38-24-29-11-4-5-12-30(29)25-39(38)48(42(33)45(35)51-44(34)37)31-20-26-19-27(22-31)23-32(48)21-26/h1-18,24-27,31-32H,19-23H2. The number of para-hydroxylation sites is 1. The maximum Gasteiger partial charge on any atom is 0.165 e. The fourth-order valence-corrected chi connectivity index (χ4v) is 13.0. The molecule has 5 aliphatic rings. The van der Waals surface area contributed by atoms with E-state index in [1.165, 1.54) is 75.0 Å². The predicted octanol–water partition coefficient (Wildman–Crippen LogP) is 13.0. The van der Waals surface area contributed by atoms with Gasteiger partial charge in [0, 0.05) is 42.8 Å². The number of thiophene rings is 1. The molecule has 52 heavy (non-hydrogen) atoms. The molecule has 9 aromatic rings. The van der Waals surface area contributed by atoms with Crippen LogP contribution in [0.5, 0.6) is 0 Å². The first-order chi connectivity index (χ1) is 25.7. The number of rotatable bonds is 2. The molecule has 0 amide bonds. The average molecular weight is 687 g/mol. The fourth-order valence-electron chi connectivity index (χ4n) is 11.9. The van der Waals surface area contributed by atoms with Crippen molar-refractivity contribution in [2.75, 3.05) is 0 Å². The Bertz CT molecular complexity index is 2960. The van der Waals surface area contributed by atoms with E-state index in [-0.39, 0.29) is 5.41 Å². The number of furan rings is 1. The maximum absolute atomic E-state index is 7.38. The molecule has 248 valence electrons. The summed E-state index contributed by atoms with van der Waals surface area (Å²) in [5.41, 5.74) is 10.8. The second-order valence-corrected chi connectivity index (χ2v) is 17.1. The van der Waals surface area contributed by atoms with E-state index >= 15 is 0 Å². The zero-order chi connectivity index (χ0) is 33.7. The third kappa shape index (κ3) is 3.52. The molecule has 0 unspecified atom stereocenters. The number of fused-ring (bicyclic) bond motifs is 11. The molecule has 4 bridgehead atoms. The minimum atomic E-state index is -0.0113. The van der Waals surface area contributed by atoms with E-state index in [0.717, 1.165) is 61.2 Å². The van der Waals surface area contributed by atoms with Crippen LogP contribution in [-0.2, 0) is 5.41 Å². The first kappa shape index (κ1) is 28.3. The molecule has 0 N–H and O–H groups in total. The normalized spacial score (nSPS) is 24.2. The fraction of sp³-hybridized carbons (Fsp3) is 0.208. The van der Waals surface area contributed by atoms with Gasteiger partial charge in [-0.3, -0.25) is 0 Å². The number of hydrogen-bond acceptors (Lipinski definition) is 4. The molecule has 4 heteroatoms. The summed E-state index contributed by atoms with van der Waals surface area (Å²) in [6, 6.07) is 44.6. The molecule has 6 aromatic carbocycles. The number of nitrogens with zero attached hydrogens (tertiary/aromatic N) is 2. The van der Waals surface area contributed by atoms with Crippen molar-refractivity contribution in [1.29, 1.82) is 0 Å². The van der Waals surface area contributed by atoms with Crippen LogP contribution in [0.2, 0.25) is 0 Å². The van der Waals surface area contributed by atoms with E-state index in [4.69, 9.17) is 14.4 Å². The number of benzene rings is 6. The summed E-state index contributed by atoms with van der Waals surface area (Å²) in [6.45, 7) is 0. The molecule has 4 fully saturated rings. The van der Waals surface area contributed by atoms with Gasteiger partial charge in [-0.1, -0.05) is 91.0 Å². The van der Waals surface area contributed by atoms with Crippen molar-refractivity contribution in [2.45, 2.75) is 37.5 Å². The highest BCUT2D eigenvalue weighted by atomic mass is 32.1. The lowest BCUT2D eigenvalue weighted by atomic mass is 9.43. The molecule has 4 saturated carbocycles. The van der Waals surface area contributed by atoms with Crippen molar-refractivity contribution in [3.05, 3.63) is 132 Å². The van der Waals surface area contributed by atoms with Crippen molar-refractivity contribution in [3.8, 4) is 33.8 Å². The van der Waals surface area contributed by atoms with Crippen LogP contribution in [0.1, 0.15) is 43.2 Å². The molecule has 5 aliphatic carbocycles. The van der Waals surface area contributed by atoms with Crippen LogP contribution < -0.4 is 0 Å². The number of hydrogen-bond donors (Lipinski definition) is 0. The van der Waals surface area contributed by atoms with Gasteiger partial charge < -0.3 is 4.42 Å². The summed E-state index contributed by atoms with van der Waals surface area (Å²) in [5.74, 6) is 3.77. The van der Waals surface area contributed by atoms with Gasteiger partial charge >= 0.3 is 0 Å². The lowest BCUT2D eigenvalue weighted by Crippen LogP contribution is -2.55. The van der Waals surface area contributed by atoms with Crippen LogP contribution in [0, 0.1) is 23.7 Å². The van der Waals surface area contributed by atoms with Gasteiger partial charge in [0.05, 0.1) is 11.3 Å². The van der Waals surface area contributed by atoms with Crippen LogP contribution in [0.25, 0.3) is 86.8 Å². The molecule has 3 nitrogen and oxygen atoms in total. The van der Waals surface area contributed by atoms with Crippen LogP contribution in [0.3, 0.4) is 0 Å². The highest BCUT2D eigenvalue weighted by Crippen LogP contribution is 2.70. The predicted molar refractivity (Wildman–Crippen MR) is 214 cm³/mol. The van der Waals surface area contributed by atoms with Gasteiger partial charge in [0.25, 0.3) is 0 Å². The van der Waals surface area contributed by atoms with Crippen molar-refractivity contribution in [1.82, 2.24) is 9.97 Å². The van der Waals surface area contributed by atoms with E-state index in [0.29, 0.717) is 11.8 Å². The zero-order valence-corrected chi connectivity index (χ0v) is 29.4. The Balaban J connectivity index is 1.10. The Kier molecular flexibility index (Phi) is 5.42. The lowest BCUT2D eigenvalue weighted by molar-refractivity contribution is -0.0396. The smallest absolute Gasteiger partial charge is 0.165 e. The Hall–Kier alpha value is -5.32. The summed E-state index contributed by atoms with van der Waals surface area (Å²) >= 11 is 1.75. The highest BCUT2D eigenvalue weighted by Gasteiger charge is 2.62. The molecule has 3 aromatic heterocycles. The third-order valence-electron chi connectivity index (χ3n) is 13.7. The first-order valence-electron chi connectivity index (χ1n) is 19.0. The molecule has 0 atom stereocenters. The van der Waals surface area contributed by atoms with Gasteiger partial charge in [-0.15, -0.1) is 11.3 Å². The second kappa shape index (κ2) is 9.96. The van der Waals surface area contributed by atoms with E-state index in [2.05, 4.69) is 121 Å². The average Bonchev–Trinajstić information content (AvgIpc) is 3.84. The quantitative estimate of drug-likeness (QED) is 0.182. The van der Waals surface area contributed by atoms with Crippen molar-refractivity contribution in [3.63, 3.8) is 0 Å². The minimum Gasteiger partial charge on any atom is -0.455 e. The molecule has 0 saturated heterocycles. The van der Waals surface area contributed by atoms with Gasteiger partial charge in [-0.05, 0) is 114 Å². The van der Waals surface area contributed by atoms with Crippen LogP contribution in [-0.4, -0.2) is 9.97 Å². The molecular formula is C48H34N2OS. The summed E-state index contributed by atoms with van der Waals surface area (Å²) in [6.07, 6.45) is 6.79. The zero-order valence-electron chi connectivity index (χ0n) is 28.6. The molecular weight excluding hydrogens is 653 g/mol. The maximum atomic E-state index is 7.38. The summed E-state index contributed by atoms with van der Waals surface area (Å²) < 4.78 is 8.61. The van der Waals surface area contributed by atoms with Gasteiger partial charge in [0.15, 0.2) is 5.82 Å². The number of aromatic nitrogens is 2. The van der Waals surface area contributed by atoms with Gasteiger partial charge in [0.2, 0.25) is 0 Å². The van der Waals surface area contributed by atoms with Crippen LogP contribution in [0.15, 0.2) is 126 Å². The molecule has 0 aliphatic heterocycles. The van der Waals surface area contributed by atoms with Crippen LogP contribution in [0.4, 0.5) is 0 Å². The van der Waals surface area contributed by atoms with Gasteiger partial charge in [0.1, 0.15) is 16.0 Å². The molecule has 3 heterocycles. The molecule has 1 spiro atoms. The van der Waals surface area contributed by atoms with E-state index < -0.39 is 0 Å². The van der Waals surface area contributed by atoms with Crippen molar-refractivity contribution in [2.24, 2.45) is 23.7 Å². The van der Waals surface area contributed by atoms with Crippen LogP contribution >= 0.6 is 11.3 Å². The first-order valence-corrected chi connectivity index (χ1v) is 19.8. The summed E-state index contributed by atoms with van der Waals surface area (Å²) in [4.78, 5) is 11.7. The second-order valence-electron chi connectivity index (χ2n) is 16.1. The Morgan fingerprint density at radius 3 is 2.12 bits per heavy atom. The Labute approximate surface area is 305 Å². The SMILES string of the molecule is c1ccc(-c2nc(-c3cccc4c3oc3c5c(ccc34)-c3cc4ccccc4cc3C53C4CC5CC(C4)CC3C5)nc3sc4ccccc4c23)cc1. The summed E-state index contributed by atoms with van der Waals surface area (Å²) in [7, 11) is 0. The van der Waals surface area contributed by atoms with Gasteiger partial charge in [-0.25, -0.2) is 9.97 Å². The minimum absolute atomic E-state index is 0.0113. The highest BCUT2D eigenvalue weighted by molar-refractivity contribution is 7.25. The largest absolute Gasteiger partial charge is 0.455 e. The monoisotopic (exact) mass is 686 g/mol. The molecule has 0 radical (unpaired) electrons. The molecule has 14 rings (SSSR count). The Morgan fingerprint density at radius 2 is 1.29 bits per heavy atom. The Morgan fingerprint density at radius 1 is 0.577 bits per heavy atom. The topological polar surface area (TPSA) is 38.9 Å². The summed E-state index contributed by atoms with van der Waals surface area (Å²) in [5, 5.41) is 7.37. The third-order valence-corrected chi connectivity index (χ3v) is 14.7.